The van der Waals surface area contributed by atoms with Crippen molar-refractivity contribution in [3.8, 4) is 17.2 Å². The fraction of sp³-hybridized carbons (Fsp3) is 0.250. The number of hydrogen-bond donors (Lipinski definition) is 0. The Bertz CT molecular complexity index is 941. The molecule has 2 heterocycles. The third kappa shape index (κ3) is 3.45. The summed E-state index contributed by atoms with van der Waals surface area (Å²) in [6.07, 6.45) is 0. The summed E-state index contributed by atoms with van der Waals surface area (Å²) in [7, 11) is 0. The van der Waals surface area contributed by atoms with Crippen LogP contribution in [0.15, 0.2) is 46.9 Å². The summed E-state index contributed by atoms with van der Waals surface area (Å²) in [5.74, 6) is 1.53. The van der Waals surface area contributed by atoms with Gasteiger partial charge in [-0.05, 0) is 37.3 Å². The van der Waals surface area contributed by atoms with Crippen molar-refractivity contribution < 1.29 is 13.5 Å². The highest BCUT2D eigenvalue weighted by molar-refractivity contribution is 6.30. The molecule has 1 aliphatic heterocycles. The number of halogens is 2. The Labute approximate surface area is 156 Å². The number of rotatable bonds is 3. The van der Waals surface area contributed by atoms with Crippen molar-refractivity contribution >= 4 is 11.6 Å². The van der Waals surface area contributed by atoms with Crippen LogP contribution in [-0.2, 0) is 13.1 Å². The molecular formula is C20H18ClFN2O2. The quantitative estimate of drug-likeness (QED) is 0.659. The van der Waals surface area contributed by atoms with Gasteiger partial charge < -0.3 is 9.15 Å². The Balaban J connectivity index is 1.57. The van der Waals surface area contributed by atoms with E-state index in [1.807, 2.05) is 25.1 Å². The van der Waals surface area contributed by atoms with Gasteiger partial charge in [-0.1, -0.05) is 23.7 Å². The Kier molecular flexibility index (Phi) is 4.66. The summed E-state index contributed by atoms with van der Waals surface area (Å²) in [6, 6.07) is 12.1. The topological polar surface area (TPSA) is 38.5 Å². The molecule has 0 radical (unpaired) electrons. The molecule has 2 aromatic carbocycles. The van der Waals surface area contributed by atoms with E-state index >= 15 is 0 Å². The predicted molar refractivity (Wildman–Crippen MR) is 97.7 cm³/mol. The standard InChI is InChI=1S/C20H18ClFN2O2/c1-13-18(23-20(26-13)16-4-2-3-5-17(16)22)12-24-8-9-25-19-7-6-15(21)10-14(19)11-24/h2-7,10H,8-9,11-12H2,1H3. The molecule has 6 heteroatoms. The van der Waals surface area contributed by atoms with Crippen molar-refractivity contribution in [3.63, 3.8) is 0 Å². The maximum atomic E-state index is 14.0. The van der Waals surface area contributed by atoms with Gasteiger partial charge in [0.25, 0.3) is 0 Å². The highest BCUT2D eigenvalue weighted by Gasteiger charge is 2.20. The molecular weight excluding hydrogens is 355 g/mol. The summed E-state index contributed by atoms with van der Waals surface area (Å²) in [4.78, 5) is 6.74. The van der Waals surface area contributed by atoms with Crippen LogP contribution in [0.25, 0.3) is 11.5 Å². The van der Waals surface area contributed by atoms with E-state index in [1.54, 1.807) is 18.2 Å². The van der Waals surface area contributed by atoms with E-state index < -0.39 is 0 Å². The lowest BCUT2D eigenvalue weighted by molar-refractivity contribution is 0.217. The maximum absolute atomic E-state index is 14.0. The number of aryl methyl sites for hydroxylation is 1. The van der Waals surface area contributed by atoms with Gasteiger partial charge in [0.2, 0.25) is 5.89 Å². The highest BCUT2D eigenvalue weighted by Crippen LogP contribution is 2.28. The SMILES string of the molecule is Cc1oc(-c2ccccc2F)nc1CN1CCOc2ccc(Cl)cc2C1. The second kappa shape index (κ2) is 7.09. The van der Waals surface area contributed by atoms with Gasteiger partial charge in [0.15, 0.2) is 0 Å². The summed E-state index contributed by atoms with van der Waals surface area (Å²) >= 11 is 6.11. The lowest BCUT2D eigenvalue weighted by Gasteiger charge is -2.18. The molecule has 0 saturated carbocycles. The van der Waals surface area contributed by atoms with Gasteiger partial charge in [0.05, 0.1) is 11.3 Å². The van der Waals surface area contributed by atoms with Crippen molar-refractivity contribution in [2.24, 2.45) is 0 Å². The molecule has 1 aromatic heterocycles. The zero-order valence-electron chi connectivity index (χ0n) is 14.3. The third-order valence-corrected chi connectivity index (χ3v) is 4.69. The predicted octanol–water partition coefficient (Wildman–Crippen LogP) is 4.84. The minimum Gasteiger partial charge on any atom is -0.492 e. The van der Waals surface area contributed by atoms with E-state index in [1.165, 1.54) is 6.07 Å². The molecule has 0 saturated heterocycles. The number of fused-ring (bicyclic) bond motifs is 1. The minimum atomic E-state index is -0.341. The zero-order chi connectivity index (χ0) is 18.1. The van der Waals surface area contributed by atoms with Gasteiger partial charge in [-0.3, -0.25) is 4.90 Å². The van der Waals surface area contributed by atoms with Crippen LogP contribution in [0.4, 0.5) is 4.39 Å². The largest absolute Gasteiger partial charge is 0.492 e. The highest BCUT2D eigenvalue weighted by atomic mass is 35.5. The Morgan fingerprint density at radius 3 is 2.92 bits per heavy atom. The van der Waals surface area contributed by atoms with Crippen molar-refractivity contribution in [2.75, 3.05) is 13.2 Å². The second-order valence-corrected chi connectivity index (χ2v) is 6.75. The second-order valence-electron chi connectivity index (χ2n) is 6.31. The molecule has 0 bridgehead atoms. The van der Waals surface area contributed by atoms with Crippen LogP contribution < -0.4 is 4.74 Å². The third-order valence-electron chi connectivity index (χ3n) is 4.45. The van der Waals surface area contributed by atoms with Crippen LogP contribution in [0, 0.1) is 12.7 Å². The molecule has 134 valence electrons. The van der Waals surface area contributed by atoms with Crippen LogP contribution in [-0.4, -0.2) is 23.0 Å². The monoisotopic (exact) mass is 372 g/mol. The molecule has 3 aromatic rings. The van der Waals surface area contributed by atoms with Crippen LogP contribution in [0.1, 0.15) is 17.0 Å². The lowest BCUT2D eigenvalue weighted by atomic mass is 10.2. The van der Waals surface area contributed by atoms with Crippen LogP contribution in [0.3, 0.4) is 0 Å². The fourth-order valence-corrected chi connectivity index (χ4v) is 3.28. The van der Waals surface area contributed by atoms with E-state index in [4.69, 9.17) is 20.8 Å². The smallest absolute Gasteiger partial charge is 0.229 e. The summed E-state index contributed by atoms with van der Waals surface area (Å²) in [5, 5.41) is 0.689. The average Bonchev–Trinajstić information content (AvgIpc) is 2.85. The van der Waals surface area contributed by atoms with Crippen LogP contribution in [0.5, 0.6) is 5.75 Å². The molecule has 1 aliphatic rings. The van der Waals surface area contributed by atoms with E-state index in [0.717, 1.165) is 23.6 Å². The first kappa shape index (κ1) is 17.1. The molecule has 4 nitrogen and oxygen atoms in total. The first-order chi connectivity index (χ1) is 12.6. The van der Waals surface area contributed by atoms with E-state index in [0.29, 0.717) is 41.9 Å². The van der Waals surface area contributed by atoms with Gasteiger partial charge in [-0.2, -0.15) is 0 Å². The molecule has 0 aliphatic carbocycles. The number of aromatic nitrogens is 1. The number of nitrogens with zero attached hydrogens (tertiary/aromatic N) is 2. The van der Waals surface area contributed by atoms with Crippen LogP contribution in [0.2, 0.25) is 5.02 Å². The number of benzene rings is 2. The number of oxazole rings is 1. The van der Waals surface area contributed by atoms with E-state index in [-0.39, 0.29) is 5.82 Å². The van der Waals surface area contributed by atoms with Crippen molar-refractivity contribution in [1.82, 2.24) is 9.88 Å². The summed E-state index contributed by atoms with van der Waals surface area (Å²) < 4.78 is 25.5. The normalized spacial score (nSPS) is 14.6. The molecule has 0 spiro atoms. The van der Waals surface area contributed by atoms with Gasteiger partial charge in [0.1, 0.15) is 23.9 Å². The number of ether oxygens (including phenoxy) is 1. The van der Waals surface area contributed by atoms with Gasteiger partial charge in [-0.25, -0.2) is 9.37 Å². The molecule has 4 rings (SSSR count). The molecule has 0 fully saturated rings. The van der Waals surface area contributed by atoms with Crippen molar-refractivity contribution in [2.45, 2.75) is 20.0 Å². The summed E-state index contributed by atoms with van der Waals surface area (Å²) in [5.41, 5.74) is 2.22. The first-order valence-electron chi connectivity index (χ1n) is 8.45. The van der Waals surface area contributed by atoms with E-state index in [2.05, 4.69) is 9.88 Å². The molecule has 0 N–H and O–H groups in total. The number of hydrogen-bond acceptors (Lipinski definition) is 4. The Morgan fingerprint density at radius 1 is 1.23 bits per heavy atom. The minimum absolute atomic E-state index is 0.310. The Morgan fingerprint density at radius 2 is 2.08 bits per heavy atom. The van der Waals surface area contributed by atoms with E-state index in [9.17, 15) is 4.39 Å². The zero-order valence-corrected chi connectivity index (χ0v) is 15.1. The Hall–Kier alpha value is -2.37. The van der Waals surface area contributed by atoms with Gasteiger partial charge in [-0.15, -0.1) is 0 Å². The van der Waals surface area contributed by atoms with Gasteiger partial charge >= 0.3 is 0 Å². The molecule has 26 heavy (non-hydrogen) atoms. The first-order valence-corrected chi connectivity index (χ1v) is 8.83. The van der Waals surface area contributed by atoms with Gasteiger partial charge in [0, 0.05) is 30.2 Å². The lowest BCUT2D eigenvalue weighted by Crippen LogP contribution is -2.25. The summed E-state index contributed by atoms with van der Waals surface area (Å²) in [6.45, 7) is 4.50. The maximum Gasteiger partial charge on any atom is 0.229 e. The average molecular weight is 373 g/mol. The molecule has 0 atom stereocenters. The van der Waals surface area contributed by atoms with Crippen molar-refractivity contribution in [3.05, 3.63) is 70.3 Å². The fourth-order valence-electron chi connectivity index (χ4n) is 3.09. The van der Waals surface area contributed by atoms with Crippen LogP contribution >= 0.6 is 11.6 Å². The molecule has 0 unspecified atom stereocenters. The molecule has 0 amide bonds. The van der Waals surface area contributed by atoms with Crippen molar-refractivity contribution in [1.29, 1.82) is 0 Å².